The van der Waals surface area contributed by atoms with Crippen LogP contribution in [-0.2, 0) is 0 Å². The third-order valence-electron chi connectivity index (χ3n) is 5.13. The maximum atomic E-state index is 6.11. The number of nitrogens with two attached hydrogens (primary N) is 1. The van der Waals surface area contributed by atoms with Crippen molar-refractivity contribution in [2.75, 3.05) is 57.3 Å². The van der Waals surface area contributed by atoms with Gasteiger partial charge in [0.1, 0.15) is 0 Å². The number of benzene rings is 1. The van der Waals surface area contributed by atoms with Gasteiger partial charge in [0.2, 0.25) is 0 Å². The number of piperidine rings is 1. The van der Waals surface area contributed by atoms with Crippen molar-refractivity contribution >= 4 is 23.2 Å². The molecule has 0 amide bonds. The monoisotopic (exact) mass is 363 g/mol. The lowest BCUT2D eigenvalue weighted by Gasteiger charge is -2.36. The summed E-state index contributed by atoms with van der Waals surface area (Å²) in [6, 6.07) is 8.14. The van der Waals surface area contributed by atoms with Gasteiger partial charge >= 0.3 is 0 Å². The van der Waals surface area contributed by atoms with Crippen molar-refractivity contribution in [3.8, 4) is 0 Å². The molecule has 0 atom stereocenters. The number of nitrogens with zero attached hydrogens (tertiary/aromatic N) is 4. The van der Waals surface area contributed by atoms with Gasteiger partial charge in [-0.05, 0) is 43.9 Å². The van der Waals surface area contributed by atoms with E-state index in [1.807, 2.05) is 12.1 Å². The highest BCUT2D eigenvalue weighted by atomic mass is 35.5. The maximum Gasteiger partial charge on any atom is 0.191 e. The molecule has 2 fully saturated rings. The van der Waals surface area contributed by atoms with Gasteiger partial charge in [-0.1, -0.05) is 17.7 Å². The van der Waals surface area contributed by atoms with Crippen molar-refractivity contribution in [1.82, 2.24) is 9.80 Å². The Bertz CT molecular complexity index is 563. The third kappa shape index (κ3) is 5.51. The minimum Gasteiger partial charge on any atom is -0.370 e. The number of piperazine rings is 1. The molecule has 0 aromatic heterocycles. The summed E-state index contributed by atoms with van der Waals surface area (Å²) in [6.45, 7) is 8.37. The average molecular weight is 364 g/mol. The Balaban J connectivity index is 1.35. The summed E-state index contributed by atoms with van der Waals surface area (Å²) in [5.74, 6) is 0.741. The summed E-state index contributed by atoms with van der Waals surface area (Å²) in [7, 11) is 0. The first-order valence-electron chi connectivity index (χ1n) is 9.50. The zero-order valence-corrected chi connectivity index (χ0v) is 15.8. The molecule has 0 bridgehead atoms. The molecule has 1 aromatic carbocycles. The molecule has 25 heavy (non-hydrogen) atoms. The number of likely N-dealkylation sites (tertiary alicyclic amines) is 1. The van der Waals surface area contributed by atoms with Gasteiger partial charge in [0.25, 0.3) is 0 Å². The van der Waals surface area contributed by atoms with Crippen molar-refractivity contribution in [3.63, 3.8) is 0 Å². The van der Waals surface area contributed by atoms with Gasteiger partial charge in [-0.15, -0.1) is 0 Å². The molecule has 5 nitrogen and oxygen atoms in total. The quantitative estimate of drug-likeness (QED) is 0.496. The number of halogens is 1. The molecule has 0 saturated carbocycles. The van der Waals surface area contributed by atoms with Crippen molar-refractivity contribution in [3.05, 3.63) is 29.3 Å². The molecule has 0 aliphatic carbocycles. The van der Waals surface area contributed by atoms with Crippen molar-refractivity contribution in [1.29, 1.82) is 0 Å². The van der Waals surface area contributed by atoms with Crippen LogP contribution in [0.5, 0.6) is 0 Å². The van der Waals surface area contributed by atoms with Crippen LogP contribution in [-0.4, -0.2) is 68.1 Å². The zero-order chi connectivity index (χ0) is 17.5. The lowest BCUT2D eigenvalue weighted by Crippen LogP contribution is -2.46. The first kappa shape index (κ1) is 18.3. The molecule has 6 heteroatoms. The molecular weight excluding hydrogens is 334 g/mol. The Morgan fingerprint density at radius 3 is 2.52 bits per heavy atom. The largest absolute Gasteiger partial charge is 0.370 e. The second-order valence-corrected chi connectivity index (χ2v) is 7.39. The second kappa shape index (κ2) is 9.30. The summed E-state index contributed by atoms with van der Waals surface area (Å²) in [6.07, 6.45) is 4.89. The molecular formula is C19H30ClN5. The van der Waals surface area contributed by atoms with E-state index in [-0.39, 0.29) is 0 Å². The summed E-state index contributed by atoms with van der Waals surface area (Å²) in [4.78, 5) is 11.7. The van der Waals surface area contributed by atoms with Crippen LogP contribution in [0, 0.1) is 0 Å². The standard InChI is InChI=1S/C19H30ClN5/c20-17-6-4-7-18(16-17)24-14-12-23(13-15-24)9-5-8-22-19(21)25-10-2-1-3-11-25/h4,6-7,16H,1-3,5,8-15H2,(H2,21,22). The van der Waals surface area contributed by atoms with E-state index in [1.165, 1.54) is 24.9 Å². The molecule has 2 N–H and O–H groups in total. The molecule has 1 aromatic rings. The molecule has 0 radical (unpaired) electrons. The Hall–Kier alpha value is -1.46. The van der Waals surface area contributed by atoms with E-state index >= 15 is 0 Å². The van der Waals surface area contributed by atoms with Gasteiger partial charge in [-0.3, -0.25) is 9.89 Å². The topological polar surface area (TPSA) is 48.1 Å². The third-order valence-corrected chi connectivity index (χ3v) is 5.37. The number of hydrogen-bond donors (Lipinski definition) is 1. The summed E-state index contributed by atoms with van der Waals surface area (Å²) < 4.78 is 0. The van der Waals surface area contributed by atoms with E-state index < -0.39 is 0 Å². The van der Waals surface area contributed by atoms with Crippen LogP contribution in [0.3, 0.4) is 0 Å². The number of anilines is 1. The highest BCUT2D eigenvalue weighted by molar-refractivity contribution is 6.30. The van der Waals surface area contributed by atoms with Crippen LogP contribution in [0.1, 0.15) is 25.7 Å². The summed E-state index contributed by atoms with van der Waals surface area (Å²) in [5.41, 5.74) is 7.34. The first-order valence-corrected chi connectivity index (χ1v) is 9.88. The van der Waals surface area contributed by atoms with E-state index in [0.29, 0.717) is 0 Å². The van der Waals surface area contributed by atoms with Crippen molar-refractivity contribution < 1.29 is 0 Å². The van der Waals surface area contributed by atoms with Gasteiger partial charge in [-0.2, -0.15) is 0 Å². The molecule has 2 heterocycles. The number of rotatable bonds is 5. The van der Waals surface area contributed by atoms with Crippen LogP contribution in [0.25, 0.3) is 0 Å². The first-order chi connectivity index (χ1) is 12.2. The van der Waals surface area contributed by atoms with E-state index in [9.17, 15) is 0 Å². The van der Waals surface area contributed by atoms with Gasteiger partial charge in [0.15, 0.2) is 5.96 Å². The second-order valence-electron chi connectivity index (χ2n) is 6.95. The van der Waals surface area contributed by atoms with E-state index in [0.717, 1.165) is 69.8 Å². The minimum absolute atomic E-state index is 0.741. The van der Waals surface area contributed by atoms with Gasteiger partial charge < -0.3 is 15.5 Å². The van der Waals surface area contributed by atoms with Gasteiger partial charge in [-0.25, -0.2) is 0 Å². The lowest BCUT2D eigenvalue weighted by atomic mass is 10.1. The van der Waals surface area contributed by atoms with Crippen LogP contribution in [0.4, 0.5) is 5.69 Å². The average Bonchev–Trinajstić information content (AvgIpc) is 2.66. The molecule has 2 saturated heterocycles. The maximum absolute atomic E-state index is 6.11. The number of guanidine groups is 1. The van der Waals surface area contributed by atoms with E-state index in [2.05, 4.69) is 31.8 Å². The van der Waals surface area contributed by atoms with E-state index in [1.54, 1.807) is 0 Å². The van der Waals surface area contributed by atoms with Crippen LogP contribution >= 0.6 is 11.6 Å². The summed E-state index contributed by atoms with van der Waals surface area (Å²) in [5, 5.41) is 0.809. The van der Waals surface area contributed by atoms with Crippen LogP contribution < -0.4 is 10.6 Å². The fourth-order valence-corrected chi connectivity index (χ4v) is 3.80. The normalized spacial score (nSPS) is 20.1. The highest BCUT2D eigenvalue weighted by Gasteiger charge is 2.17. The summed E-state index contributed by atoms with van der Waals surface area (Å²) >= 11 is 6.10. The zero-order valence-electron chi connectivity index (χ0n) is 15.0. The number of aliphatic imine (C=N–C) groups is 1. The smallest absolute Gasteiger partial charge is 0.191 e. The van der Waals surface area contributed by atoms with Crippen LogP contribution in [0.2, 0.25) is 5.02 Å². The van der Waals surface area contributed by atoms with Crippen LogP contribution in [0.15, 0.2) is 29.3 Å². The predicted octanol–water partition coefficient (Wildman–Crippen LogP) is 2.65. The SMILES string of the molecule is NC(=NCCCN1CCN(c2cccc(Cl)c2)CC1)N1CCCCC1. The minimum atomic E-state index is 0.741. The highest BCUT2D eigenvalue weighted by Crippen LogP contribution is 2.20. The molecule has 0 unspecified atom stereocenters. The fourth-order valence-electron chi connectivity index (χ4n) is 3.61. The number of hydrogen-bond acceptors (Lipinski definition) is 3. The Kier molecular flexibility index (Phi) is 6.82. The van der Waals surface area contributed by atoms with Gasteiger partial charge in [0.05, 0.1) is 0 Å². The Morgan fingerprint density at radius 2 is 1.80 bits per heavy atom. The predicted molar refractivity (Wildman–Crippen MR) is 107 cm³/mol. The van der Waals surface area contributed by atoms with Gasteiger partial charge in [0, 0.05) is 63.1 Å². The lowest BCUT2D eigenvalue weighted by molar-refractivity contribution is 0.256. The Morgan fingerprint density at radius 1 is 1.04 bits per heavy atom. The van der Waals surface area contributed by atoms with Crippen molar-refractivity contribution in [2.24, 2.45) is 10.7 Å². The molecule has 3 rings (SSSR count). The molecule has 0 spiro atoms. The fraction of sp³-hybridized carbons (Fsp3) is 0.632. The van der Waals surface area contributed by atoms with E-state index in [4.69, 9.17) is 17.3 Å². The Labute approximate surface area is 156 Å². The molecule has 138 valence electrons. The molecule has 2 aliphatic heterocycles. The molecule has 2 aliphatic rings. The van der Waals surface area contributed by atoms with Crippen molar-refractivity contribution in [2.45, 2.75) is 25.7 Å².